The molecule has 1 aliphatic rings. The minimum Gasteiger partial charge on any atom is -0.493 e. The van der Waals surface area contributed by atoms with E-state index in [9.17, 15) is 0 Å². The second-order valence-electron chi connectivity index (χ2n) is 5.81. The van der Waals surface area contributed by atoms with Gasteiger partial charge in [-0.2, -0.15) is 0 Å². The Hall–Kier alpha value is -0.440. The molecule has 25 heavy (non-hydrogen) atoms. The molecule has 0 aliphatic carbocycles. The Bertz CT molecular complexity index is 532. The smallest absolute Gasteiger partial charge is 0.193 e. The zero-order valence-electron chi connectivity index (χ0n) is 14.4. The van der Waals surface area contributed by atoms with Gasteiger partial charge in [-0.1, -0.05) is 23.2 Å². The van der Waals surface area contributed by atoms with Crippen LogP contribution in [0.15, 0.2) is 23.2 Å². The summed E-state index contributed by atoms with van der Waals surface area (Å²) < 4.78 is 5.85. The Balaban J connectivity index is 0.00000312. The number of piperidine rings is 1. The molecule has 0 unspecified atom stereocenters. The number of benzene rings is 1. The van der Waals surface area contributed by atoms with Gasteiger partial charge in [0.05, 0.1) is 19.8 Å². The Morgan fingerprint density at radius 3 is 2.48 bits per heavy atom. The molecular formula is C17H26Cl2IN3O2. The minimum atomic E-state index is 0. The lowest BCUT2D eigenvalue weighted by molar-refractivity contribution is 0.179. The van der Waals surface area contributed by atoms with Crippen molar-refractivity contribution in [3.05, 3.63) is 28.2 Å². The predicted octanol–water partition coefficient (Wildman–Crippen LogP) is 3.66. The molecule has 1 aromatic carbocycles. The van der Waals surface area contributed by atoms with E-state index in [0.717, 1.165) is 38.4 Å². The third-order valence-corrected chi connectivity index (χ3v) is 4.37. The molecule has 1 heterocycles. The van der Waals surface area contributed by atoms with Crippen molar-refractivity contribution in [2.45, 2.75) is 19.8 Å². The molecule has 0 radical (unpaired) electrons. The minimum absolute atomic E-state index is 0. The summed E-state index contributed by atoms with van der Waals surface area (Å²) in [6.45, 7) is 5.90. The van der Waals surface area contributed by atoms with E-state index in [0.29, 0.717) is 34.9 Å². The standard InChI is InChI=1S/C17H25Cl2N3O2.HI/c1-2-20-17(21-5-8-23)22-6-3-13(4-7-22)12-24-16-10-14(18)9-15(19)11-16;/h9-11,13,23H,2-8,12H2,1H3,(H,20,21);1H. The monoisotopic (exact) mass is 501 g/mol. The topological polar surface area (TPSA) is 57.1 Å². The Morgan fingerprint density at radius 1 is 1.28 bits per heavy atom. The van der Waals surface area contributed by atoms with Crippen LogP contribution in [0.3, 0.4) is 0 Å². The molecule has 2 N–H and O–H groups in total. The molecule has 1 saturated heterocycles. The van der Waals surface area contributed by atoms with Gasteiger partial charge in [0.2, 0.25) is 0 Å². The maximum atomic E-state index is 8.95. The van der Waals surface area contributed by atoms with Crippen molar-refractivity contribution < 1.29 is 9.84 Å². The van der Waals surface area contributed by atoms with Gasteiger partial charge in [-0.3, -0.25) is 4.99 Å². The first-order valence-corrected chi connectivity index (χ1v) is 9.11. The fraction of sp³-hybridized carbons (Fsp3) is 0.588. The summed E-state index contributed by atoms with van der Waals surface area (Å²) in [7, 11) is 0. The van der Waals surface area contributed by atoms with E-state index in [4.69, 9.17) is 33.0 Å². The second kappa shape index (κ2) is 12.0. The number of ether oxygens (including phenoxy) is 1. The predicted molar refractivity (Wildman–Crippen MR) is 115 cm³/mol. The fourth-order valence-corrected chi connectivity index (χ4v) is 3.23. The zero-order chi connectivity index (χ0) is 17.4. The molecule has 2 rings (SSSR count). The van der Waals surface area contributed by atoms with Crippen molar-refractivity contribution in [1.82, 2.24) is 10.2 Å². The van der Waals surface area contributed by atoms with Crippen LogP contribution in [0.2, 0.25) is 10.0 Å². The third kappa shape index (κ3) is 7.76. The number of halogens is 3. The molecule has 0 atom stereocenters. The van der Waals surface area contributed by atoms with Crippen LogP contribution in [0, 0.1) is 5.92 Å². The number of aliphatic imine (C=N–C) groups is 1. The van der Waals surface area contributed by atoms with E-state index in [2.05, 4.69) is 15.2 Å². The number of rotatable bonds is 6. The highest BCUT2D eigenvalue weighted by Crippen LogP contribution is 2.25. The van der Waals surface area contributed by atoms with Gasteiger partial charge in [-0.05, 0) is 43.9 Å². The van der Waals surface area contributed by atoms with Gasteiger partial charge in [0.15, 0.2) is 5.96 Å². The van der Waals surface area contributed by atoms with Crippen LogP contribution in [-0.4, -0.2) is 55.4 Å². The number of guanidine groups is 1. The highest BCUT2D eigenvalue weighted by molar-refractivity contribution is 14.0. The number of likely N-dealkylation sites (tertiary alicyclic amines) is 1. The molecule has 0 bridgehead atoms. The summed E-state index contributed by atoms with van der Waals surface area (Å²) in [4.78, 5) is 6.66. The number of nitrogens with one attached hydrogen (secondary N) is 1. The van der Waals surface area contributed by atoms with E-state index in [1.54, 1.807) is 18.2 Å². The van der Waals surface area contributed by atoms with Crippen LogP contribution in [0.5, 0.6) is 5.75 Å². The van der Waals surface area contributed by atoms with Crippen LogP contribution < -0.4 is 10.1 Å². The van der Waals surface area contributed by atoms with Gasteiger partial charge in [0.1, 0.15) is 5.75 Å². The van der Waals surface area contributed by atoms with Crippen molar-refractivity contribution in [3.63, 3.8) is 0 Å². The summed E-state index contributed by atoms with van der Waals surface area (Å²) in [5.41, 5.74) is 0. The molecule has 1 aliphatic heterocycles. The van der Waals surface area contributed by atoms with E-state index in [-0.39, 0.29) is 30.6 Å². The molecule has 8 heteroatoms. The first kappa shape index (κ1) is 22.6. The van der Waals surface area contributed by atoms with Gasteiger partial charge in [-0.25, -0.2) is 0 Å². The maximum absolute atomic E-state index is 8.95. The van der Waals surface area contributed by atoms with E-state index < -0.39 is 0 Å². The Kier molecular flexibility index (Phi) is 10.9. The van der Waals surface area contributed by atoms with Crippen molar-refractivity contribution in [2.75, 3.05) is 39.4 Å². The van der Waals surface area contributed by atoms with Gasteiger partial charge in [-0.15, -0.1) is 24.0 Å². The van der Waals surface area contributed by atoms with Crippen LogP contribution in [0.1, 0.15) is 19.8 Å². The molecule has 0 saturated carbocycles. The summed E-state index contributed by atoms with van der Waals surface area (Å²) in [5, 5.41) is 13.4. The summed E-state index contributed by atoms with van der Waals surface area (Å²) in [6.07, 6.45) is 2.08. The lowest BCUT2D eigenvalue weighted by Gasteiger charge is -2.34. The first-order chi connectivity index (χ1) is 11.6. The molecular weight excluding hydrogens is 476 g/mol. The molecule has 1 fully saturated rings. The summed E-state index contributed by atoms with van der Waals surface area (Å²) in [6, 6.07) is 5.27. The molecule has 0 spiro atoms. The number of hydrogen-bond donors (Lipinski definition) is 2. The molecule has 142 valence electrons. The van der Waals surface area contributed by atoms with E-state index in [1.165, 1.54) is 0 Å². The van der Waals surface area contributed by atoms with Crippen LogP contribution in [0.25, 0.3) is 0 Å². The number of nitrogens with zero attached hydrogens (tertiary/aromatic N) is 2. The van der Waals surface area contributed by atoms with Gasteiger partial charge in [0, 0.05) is 29.7 Å². The average Bonchev–Trinajstić information content (AvgIpc) is 2.56. The van der Waals surface area contributed by atoms with Gasteiger partial charge < -0.3 is 20.1 Å². The number of aliphatic hydroxyl groups is 1. The molecule has 0 amide bonds. The average molecular weight is 502 g/mol. The van der Waals surface area contributed by atoms with Crippen molar-refractivity contribution >= 4 is 53.1 Å². The van der Waals surface area contributed by atoms with Gasteiger partial charge >= 0.3 is 0 Å². The van der Waals surface area contributed by atoms with E-state index >= 15 is 0 Å². The van der Waals surface area contributed by atoms with Crippen molar-refractivity contribution in [3.8, 4) is 5.75 Å². The van der Waals surface area contributed by atoms with Crippen LogP contribution >= 0.6 is 47.2 Å². The fourth-order valence-electron chi connectivity index (χ4n) is 2.72. The Labute approximate surface area is 176 Å². The van der Waals surface area contributed by atoms with E-state index in [1.807, 2.05) is 6.92 Å². The third-order valence-electron chi connectivity index (χ3n) is 3.93. The highest BCUT2D eigenvalue weighted by atomic mass is 127. The van der Waals surface area contributed by atoms with Gasteiger partial charge in [0.25, 0.3) is 0 Å². The molecule has 0 aromatic heterocycles. The second-order valence-corrected chi connectivity index (χ2v) is 6.68. The normalized spacial score (nSPS) is 15.7. The lowest BCUT2D eigenvalue weighted by atomic mass is 9.98. The number of aliphatic hydroxyl groups excluding tert-OH is 1. The largest absolute Gasteiger partial charge is 0.493 e. The van der Waals surface area contributed by atoms with Crippen molar-refractivity contribution in [2.24, 2.45) is 10.9 Å². The summed E-state index contributed by atoms with van der Waals surface area (Å²) >= 11 is 12.0. The number of hydrogen-bond acceptors (Lipinski definition) is 3. The zero-order valence-corrected chi connectivity index (χ0v) is 18.2. The lowest BCUT2D eigenvalue weighted by Crippen LogP contribution is -2.46. The first-order valence-electron chi connectivity index (χ1n) is 8.35. The molecule has 5 nitrogen and oxygen atoms in total. The maximum Gasteiger partial charge on any atom is 0.193 e. The highest BCUT2D eigenvalue weighted by Gasteiger charge is 2.22. The van der Waals surface area contributed by atoms with Crippen LogP contribution in [-0.2, 0) is 0 Å². The van der Waals surface area contributed by atoms with Crippen LogP contribution in [0.4, 0.5) is 0 Å². The Morgan fingerprint density at radius 2 is 1.92 bits per heavy atom. The molecule has 1 aromatic rings. The van der Waals surface area contributed by atoms with Crippen molar-refractivity contribution in [1.29, 1.82) is 0 Å². The SMILES string of the molecule is CCNC(=NCCO)N1CCC(COc2cc(Cl)cc(Cl)c2)CC1.I. The quantitative estimate of drug-likeness (QED) is 0.355. The summed E-state index contributed by atoms with van der Waals surface area (Å²) in [5.74, 6) is 2.10.